The van der Waals surface area contributed by atoms with Crippen molar-refractivity contribution in [1.82, 2.24) is 4.98 Å². The quantitative estimate of drug-likeness (QED) is 0.441. The molecule has 1 aromatic heterocycles. The number of anilines is 1. The lowest BCUT2D eigenvalue weighted by atomic mass is 9.85. The third-order valence-electron chi connectivity index (χ3n) is 6.93. The van der Waals surface area contributed by atoms with E-state index < -0.39 is 23.6 Å². The van der Waals surface area contributed by atoms with Gasteiger partial charge in [0.15, 0.2) is 5.78 Å². The van der Waals surface area contributed by atoms with Crippen LogP contribution in [0.2, 0.25) is 0 Å². The molecule has 2 aliphatic carbocycles. The number of aliphatic hydroxyl groups is 1. The van der Waals surface area contributed by atoms with Crippen molar-refractivity contribution < 1.29 is 29.4 Å². The summed E-state index contributed by atoms with van der Waals surface area (Å²) in [7, 11) is 0. The number of aromatic nitrogens is 1. The van der Waals surface area contributed by atoms with E-state index in [4.69, 9.17) is 0 Å². The van der Waals surface area contributed by atoms with Gasteiger partial charge in [0.1, 0.15) is 5.76 Å². The number of carbonyl (C=O) groups excluding carboxylic acids is 3. The van der Waals surface area contributed by atoms with Gasteiger partial charge in [0.25, 0.3) is 0 Å². The molecule has 0 spiro atoms. The number of ketones is 1. The molecule has 172 valence electrons. The minimum Gasteiger partial charge on any atom is -0.506 e. The predicted molar refractivity (Wildman–Crippen MR) is 127 cm³/mol. The molecule has 3 aromatic rings. The highest BCUT2D eigenvalue weighted by molar-refractivity contribution is 6.39. The average Bonchev–Trinajstić information content (AvgIpc) is 3.27. The number of hydrogen-bond acceptors (Lipinski definition) is 6. The summed E-state index contributed by atoms with van der Waals surface area (Å²) in [5, 5.41) is 20.8. The second kappa shape index (κ2) is 7.46. The number of carbonyl (C=O) groups is 4. The highest BCUT2D eigenvalue weighted by Crippen LogP contribution is 2.41. The number of allylic oxidation sites excluding steroid dienone is 3. The van der Waals surface area contributed by atoms with Crippen LogP contribution in [0.4, 0.5) is 5.69 Å². The first-order chi connectivity index (χ1) is 16.9. The SMILES string of the molecule is O=C(O)c1ccc2c(c1)C(O)=C(c1ccc3cccc(N4C(=O)C5CC=CCC5C4=O)c3n1)C2=O. The van der Waals surface area contributed by atoms with Gasteiger partial charge in [-0.05, 0) is 43.2 Å². The maximum Gasteiger partial charge on any atom is 0.335 e. The molecule has 1 fully saturated rings. The zero-order chi connectivity index (χ0) is 24.4. The minimum atomic E-state index is -1.18. The fourth-order valence-corrected chi connectivity index (χ4v) is 5.17. The van der Waals surface area contributed by atoms with Gasteiger partial charge in [-0.2, -0.15) is 0 Å². The first kappa shape index (κ1) is 21.0. The first-order valence-corrected chi connectivity index (χ1v) is 11.2. The van der Waals surface area contributed by atoms with Crippen molar-refractivity contribution in [3.63, 3.8) is 0 Å². The molecule has 35 heavy (non-hydrogen) atoms. The summed E-state index contributed by atoms with van der Waals surface area (Å²) in [6.45, 7) is 0. The zero-order valence-electron chi connectivity index (χ0n) is 18.3. The molecule has 8 heteroatoms. The van der Waals surface area contributed by atoms with Gasteiger partial charge in [0.05, 0.1) is 39.9 Å². The number of fused-ring (bicyclic) bond motifs is 3. The molecule has 2 unspecified atom stereocenters. The summed E-state index contributed by atoms with van der Waals surface area (Å²) >= 11 is 0. The van der Waals surface area contributed by atoms with E-state index in [2.05, 4.69) is 4.98 Å². The molecule has 0 bridgehead atoms. The van der Waals surface area contributed by atoms with Crippen LogP contribution in [0.25, 0.3) is 22.2 Å². The molecule has 2 aromatic carbocycles. The summed E-state index contributed by atoms with van der Waals surface area (Å²) in [6, 6.07) is 12.4. The highest BCUT2D eigenvalue weighted by Gasteiger charge is 2.48. The van der Waals surface area contributed by atoms with Crippen LogP contribution in [-0.4, -0.2) is 38.8 Å². The number of hydrogen-bond donors (Lipinski definition) is 2. The van der Waals surface area contributed by atoms with Crippen LogP contribution in [0.3, 0.4) is 0 Å². The van der Waals surface area contributed by atoms with E-state index in [0.717, 1.165) is 0 Å². The van der Waals surface area contributed by atoms with Gasteiger partial charge < -0.3 is 10.2 Å². The highest BCUT2D eigenvalue weighted by atomic mass is 16.4. The monoisotopic (exact) mass is 466 g/mol. The van der Waals surface area contributed by atoms with Gasteiger partial charge >= 0.3 is 5.97 Å². The lowest BCUT2D eigenvalue weighted by Gasteiger charge is -2.17. The van der Waals surface area contributed by atoms with Gasteiger partial charge in [-0.25, -0.2) is 14.7 Å². The second-order valence-corrected chi connectivity index (χ2v) is 8.83. The van der Waals surface area contributed by atoms with Gasteiger partial charge in [-0.1, -0.05) is 30.4 Å². The number of benzene rings is 2. The lowest BCUT2D eigenvalue weighted by Crippen LogP contribution is -2.31. The topological polar surface area (TPSA) is 125 Å². The van der Waals surface area contributed by atoms with Gasteiger partial charge in [-0.3, -0.25) is 14.4 Å². The van der Waals surface area contributed by atoms with E-state index in [1.54, 1.807) is 30.3 Å². The molecule has 2 atom stereocenters. The largest absolute Gasteiger partial charge is 0.506 e. The van der Waals surface area contributed by atoms with Crippen molar-refractivity contribution >= 4 is 51.5 Å². The van der Waals surface area contributed by atoms with Gasteiger partial charge in [0, 0.05) is 16.5 Å². The molecule has 2 amide bonds. The fourth-order valence-electron chi connectivity index (χ4n) is 5.17. The number of para-hydroxylation sites is 1. The van der Waals surface area contributed by atoms with E-state index in [9.17, 15) is 29.4 Å². The summed E-state index contributed by atoms with van der Waals surface area (Å²) < 4.78 is 0. The fraction of sp³-hybridized carbons (Fsp3) is 0.148. The number of carboxylic acid groups (broad SMARTS) is 1. The van der Waals surface area contributed by atoms with Crippen LogP contribution in [0.15, 0.2) is 60.7 Å². The molecular formula is C27H18N2O6. The van der Waals surface area contributed by atoms with E-state index >= 15 is 0 Å². The van der Waals surface area contributed by atoms with Crippen molar-refractivity contribution in [1.29, 1.82) is 0 Å². The summed E-state index contributed by atoms with van der Waals surface area (Å²) in [5.74, 6) is -3.34. The maximum atomic E-state index is 13.2. The van der Waals surface area contributed by atoms with E-state index in [1.165, 1.54) is 23.1 Å². The Balaban J connectivity index is 1.48. The van der Waals surface area contributed by atoms with Crippen LogP contribution in [-0.2, 0) is 9.59 Å². The lowest BCUT2D eigenvalue weighted by molar-refractivity contribution is -0.122. The Kier molecular flexibility index (Phi) is 4.47. The van der Waals surface area contributed by atoms with Crippen molar-refractivity contribution in [2.45, 2.75) is 12.8 Å². The third-order valence-corrected chi connectivity index (χ3v) is 6.93. The van der Waals surface area contributed by atoms with Crippen molar-refractivity contribution in [2.75, 3.05) is 4.90 Å². The number of pyridine rings is 1. The molecule has 2 N–H and O–H groups in total. The Morgan fingerprint density at radius 2 is 1.63 bits per heavy atom. The maximum absolute atomic E-state index is 13.2. The molecule has 6 rings (SSSR count). The Bertz CT molecular complexity index is 1540. The van der Waals surface area contributed by atoms with E-state index in [-0.39, 0.29) is 45.5 Å². The number of nitrogens with zero attached hydrogens (tertiary/aromatic N) is 2. The standard InChI is InChI=1S/C27H18N2O6/c30-23-15-10-8-14(27(34)35)12-18(15)24(31)21(23)19-11-9-13-4-3-7-20(22(13)28-19)29-25(32)16-5-1-2-6-17(16)26(29)33/h1-4,7-12,16-17,31H,5-6H2,(H,34,35). The number of aliphatic hydroxyl groups excluding tert-OH is 1. The van der Waals surface area contributed by atoms with Gasteiger partial charge in [0.2, 0.25) is 11.8 Å². The summed E-state index contributed by atoms with van der Waals surface area (Å²) in [4.78, 5) is 56.6. The Morgan fingerprint density at radius 1 is 0.914 bits per heavy atom. The number of carboxylic acids is 1. The molecule has 3 aliphatic rings. The number of Topliss-reactive ketones (excluding diaryl/α,β-unsaturated/α-hetero) is 1. The summed E-state index contributed by atoms with van der Waals surface area (Å²) in [5.41, 5.74) is 1.05. The third kappa shape index (κ3) is 2.96. The van der Waals surface area contributed by atoms with E-state index in [1.807, 2.05) is 12.2 Å². The van der Waals surface area contributed by atoms with Crippen LogP contribution >= 0.6 is 0 Å². The normalized spacial score (nSPS) is 21.1. The molecule has 8 nitrogen and oxygen atoms in total. The summed E-state index contributed by atoms with van der Waals surface area (Å²) in [6.07, 6.45) is 4.87. The Hall–Kier alpha value is -4.59. The number of amides is 2. The average molecular weight is 466 g/mol. The second-order valence-electron chi connectivity index (χ2n) is 8.83. The number of rotatable bonds is 3. The van der Waals surface area contributed by atoms with Gasteiger partial charge in [-0.15, -0.1) is 0 Å². The minimum absolute atomic E-state index is 0.0554. The van der Waals surface area contributed by atoms with Crippen LogP contribution < -0.4 is 4.90 Å². The van der Waals surface area contributed by atoms with Crippen LogP contribution in [0.5, 0.6) is 0 Å². The smallest absolute Gasteiger partial charge is 0.335 e. The molecule has 1 aliphatic heterocycles. The predicted octanol–water partition coefficient (Wildman–Crippen LogP) is 4.01. The van der Waals surface area contributed by atoms with Crippen molar-refractivity contribution in [3.8, 4) is 0 Å². The van der Waals surface area contributed by atoms with Crippen LogP contribution in [0.1, 0.15) is 44.8 Å². The molecule has 0 radical (unpaired) electrons. The zero-order valence-corrected chi connectivity index (χ0v) is 18.3. The van der Waals surface area contributed by atoms with Crippen LogP contribution in [0, 0.1) is 11.8 Å². The van der Waals surface area contributed by atoms with Crippen molar-refractivity contribution in [3.05, 3.63) is 83.1 Å². The molecular weight excluding hydrogens is 448 g/mol. The number of aromatic carboxylic acids is 1. The molecule has 0 saturated carbocycles. The Morgan fingerprint density at radius 3 is 2.31 bits per heavy atom. The van der Waals surface area contributed by atoms with E-state index in [0.29, 0.717) is 29.4 Å². The number of imide groups is 1. The molecule has 2 heterocycles. The first-order valence-electron chi connectivity index (χ1n) is 11.2. The molecule has 1 saturated heterocycles. The Labute approximate surface area is 198 Å². The van der Waals surface area contributed by atoms with Crippen molar-refractivity contribution in [2.24, 2.45) is 11.8 Å².